The van der Waals surface area contributed by atoms with Crippen molar-refractivity contribution in [2.45, 2.75) is 33.2 Å². The van der Waals surface area contributed by atoms with Crippen molar-refractivity contribution in [3.8, 4) is 0 Å². The summed E-state index contributed by atoms with van der Waals surface area (Å²) in [5.41, 5.74) is 2.05. The highest BCUT2D eigenvalue weighted by molar-refractivity contribution is 7.11. The largest absolute Gasteiger partial charge is 0.384 e. The Morgan fingerprint density at radius 1 is 1.21 bits per heavy atom. The van der Waals surface area contributed by atoms with Crippen molar-refractivity contribution in [3.05, 3.63) is 34.5 Å². The molecule has 5 heteroatoms. The Kier molecular flexibility index (Phi) is 4.74. The van der Waals surface area contributed by atoms with Crippen molar-refractivity contribution >= 4 is 22.7 Å². The van der Waals surface area contributed by atoms with Crippen LogP contribution in [0.15, 0.2) is 24.7 Å². The van der Waals surface area contributed by atoms with Gasteiger partial charge in [-0.25, -0.2) is 4.98 Å². The summed E-state index contributed by atoms with van der Waals surface area (Å²) in [4.78, 5) is 10.0. The molecule has 0 fully saturated rings. The van der Waals surface area contributed by atoms with E-state index in [0.29, 0.717) is 0 Å². The topological polar surface area (TPSA) is 49.8 Å². The first-order chi connectivity index (χ1) is 9.22. The molecule has 0 saturated heterocycles. The summed E-state index contributed by atoms with van der Waals surface area (Å²) in [5, 5.41) is 7.81. The zero-order valence-electron chi connectivity index (χ0n) is 11.6. The maximum absolute atomic E-state index is 4.46. The van der Waals surface area contributed by atoms with Crippen LogP contribution in [0.1, 0.15) is 36.7 Å². The van der Waals surface area contributed by atoms with E-state index in [2.05, 4.69) is 47.4 Å². The van der Waals surface area contributed by atoms with Gasteiger partial charge in [0, 0.05) is 17.6 Å². The van der Waals surface area contributed by atoms with E-state index in [-0.39, 0.29) is 6.04 Å². The zero-order valence-corrected chi connectivity index (χ0v) is 12.4. The molecule has 2 N–H and O–H groups in total. The molecule has 0 bridgehead atoms. The molecule has 0 radical (unpaired) electrons. The lowest BCUT2D eigenvalue weighted by Crippen LogP contribution is -2.07. The van der Waals surface area contributed by atoms with Crippen LogP contribution in [-0.2, 0) is 6.42 Å². The van der Waals surface area contributed by atoms with E-state index in [1.165, 1.54) is 4.88 Å². The number of nitrogens with one attached hydrogen (secondary N) is 2. The Hall–Kier alpha value is -1.62. The molecule has 2 aromatic heterocycles. The lowest BCUT2D eigenvalue weighted by molar-refractivity contribution is 0.868. The van der Waals surface area contributed by atoms with E-state index >= 15 is 0 Å². The highest BCUT2D eigenvalue weighted by atomic mass is 32.1. The van der Waals surface area contributed by atoms with Gasteiger partial charge in [-0.2, -0.15) is 0 Å². The summed E-state index contributed by atoms with van der Waals surface area (Å²) in [5.74, 6) is 0. The molecule has 0 aromatic carbocycles. The number of hydrogen-bond acceptors (Lipinski definition) is 5. The van der Waals surface area contributed by atoms with Crippen LogP contribution in [-0.4, -0.2) is 16.5 Å². The molecule has 2 heterocycles. The SMILES string of the molecule is CCNc1cncc(NC(C)c2ncc(CC)s2)c1. The molecular weight excluding hydrogens is 256 g/mol. The number of nitrogens with zero attached hydrogens (tertiary/aromatic N) is 2. The number of aromatic nitrogens is 2. The maximum Gasteiger partial charge on any atom is 0.115 e. The Labute approximate surface area is 118 Å². The number of thiazole rings is 1. The van der Waals surface area contributed by atoms with Gasteiger partial charge >= 0.3 is 0 Å². The highest BCUT2D eigenvalue weighted by Crippen LogP contribution is 2.24. The number of aryl methyl sites for hydroxylation is 1. The van der Waals surface area contributed by atoms with Gasteiger partial charge in [-0.05, 0) is 26.3 Å². The molecule has 1 unspecified atom stereocenters. The first kappa shape index (κ1) is 13.8. The predicted octanol–water partition coefficient (Wildman–Crippen LogP) is 3.71. The Balaban J connectivity index is 2.05. The Morgan fingerprint density at radius 2 is 2.00 bits per heavy atom. The monoisotopic (exact) mass is 276 g/mol. The summed E-state index contributed by atoms with van der Waals surface area (Å²) in [6.07, 6.45) is 6.68. The molecule has 0 amide bonds. The maximum atomic E-state index is 4.46. The molecule has 2 rings (SSSR count). The fourth-order valence-corrected chi connectivity index (χ4v) is 2.68. The van der Waals surface area contributed by atoms with Gasteiger partial charge in [-0.1, -0.05) is 6.92 Å². The molecule has 0 aliphatic rings. The molecular formula is C14H20N4S. The predicted molar refractivity (Wildman–Crippen MR) is 81.9 cm³/mol. The number of pyridine rings is 1. The van der Waals surface area contributed by atoms with Crippen molar-refractivity contribution in [1.82, 2.24) is 9.97 Å². The number of anilines is 2. The molecule has 4 nitrogen and oxygen atoms in total. The third-order valence-corrected chi connectivity index (χ3v) is 4.12. The van der Waals surface area contributed by atoms with Crippen LogP contribution >= 0.6 is 11.3 Å². The van der Waals surface area contributed by atoms with Crippen LogP contribution in [0.4, 0.5) is 11.4 Å². The van der Waals surface area contributed by atoms with E-state index in [1.807, 2.05) is 18.6 Å². The standard InChI is InChI=1S/C14H20N4S/c1-4-13-9-17-14(19-13)10(3)18-12-6-11(16-5-2)7-15-8-12/h6-10,16,18H,4-5H2,1-3H3. The summed E-state index contributed by atoms with van der Waals surface area (Å²) in [7, 11) is 0. The van der Waals surface area contributed by atoms with Gasteiger partial charge in [0.1, 0.15) is 5.01 Å². The second-order valence-electron chi connectivity index (χ2n) is 4.38. The van der Waals surface area contributed by atoms with E-state index in [4.69, 9.17) is 0 Å². The Morgan fingerprint density at radius 3 is 2.68 bits per heavy atom. The zero-order chi connectivity index (χ0) is 13.7. The molecule has 102 valence electrons. The molecule has 1 atom stereocenters. The summed E-state index contributed by atoms with van der Waals surface area (Å²) in [6.45, 7) is 7.25. The van der Waals surface area contributed by atoms with E-state index < -0.39 is 0 Å². The first-order valence-corrected chi connectivity index (χ1v) is 7.44. The van der Waals surface area contributed by atoms with Gasteiger partial charge in [-0.15, -0.1) is 11.3 Å². The van der Waals surface area contributed by atoms with Gasteiger partial charge in [0.2, 0.25) is 0 Å². The van der Waals surface area contributed by atoms with Gasteiger partial charge in [0.05, 0.1) is 29.8 Å². The highest BCUT2D eigenvalue weighted by Gasteiger charge is 2.10. The second kappa shape index (κ2) is 6.52. The molecule has 0 saturated carbocycles. The lowest BCUT2D eigenvalue weighted by Gasteiger charge is -2.13. The fourth-order valence-electron chi connectivity index (χ4n) is 1.82. The number of rotatable bonds is 6. The van der Waals surface area contributed by atoms with Crippen LogP contribution in [0.3, 0.4) is 0 Å². The molecule has 0 aliphatic heterocycles. The van der Waals surface area contributed by atoms with Gasteiger partial charge in [-0.3, -0.25) is 4.98 Å². The second-order valence-corrected chi connectivity index (χ2v) is 5.52. The van der Waals surface area contributed by atoms with E-state index in [1.54, 1.807) is 11.3 Å². The van der Waals surface area contributed by atoms with Gasteiger partial charge in [0.15, 0.2) is 0 Å². The van der Waals surface area contributed by atoms with Crippen molar-refractivity contribution < 1.29 is 0 Å². The average molecular weight is 276 g/mol. The molecule has 0 spiro atoms. The van der Waals surface area contributed by atoms with Crippen LogP contribution in [0.2, 0.25) is 0 Å². The quantitative estimate of drug-likeness (QED) is 0.844. The Bertz CT molecular complexity index is 524. The van der Waals surface area contributed by atoms with Gasteiger partial charge in [0.25, 0.3) is 0 Å². The minimum absolute atomic E-state index is 0.198. The number of hydrogen-bond donors (Lipinski definition) is 2. The first-order valence-electron chi connectivity index (χ1n) is 6.63. The van der Waals surface area contributed by atoms with E-state index in [0.717, 1.165) is 29.3 Å². The molecule has 0 aliphatic carbocycles. The van der Waals surface area contributed by atoms with Crippen LogP contribution in [0.5, 0.6) is 0 Å². The smallest absolute Gasteiger partial charge is 0.115 e. The van der Waals surface area contributed by atoms with Crippen molar-refractivity contribution in [3.63, 3.8) is 0 Å². The summed E-state index contributed by atoms with van der Waals surface area (Å²) < 4.78 is 0. The van der Waals surface area contributed by atoms with E-state index in [9.17, 15) is 0 Å². The van der Waals surface area contributed by atoms with Crippen LogP contribution < -0.4 is 10.6 Å². The minimum atomic E-state index is 0.198. The minimum Gasteiger partial charge on any atom is -0.384 e. The summed E-state index contributed by atoms with van der Waals surface area (Å²) >= 11 is 1.77. The molecule has 2 aromatic rings. The van der Waals surface area contributed by atoms with Crippen molar-refractivity contribution in [1.29, 1.82) is 0 Å². The van der Waals surface area contributed by atoms with Gasteiger partial charge < -0.3 is 10.6 Å². The third-order valence-electron chi connectivity index (χ3n) is 2.79. The van der Waals surface area contributed by atoms with Crippen LogP contribution in [0, 0.1) is 0 Å². The fraction of sp³-hybridized carbons (Fsp3) is 0.429. The average Bonchev–Trinajstić information content (AvgIpc) is 2.88. The third kappa shape index (κ3) is 3.67. The summed E-state index contributed by atoms with van der Waals surface area (Å²) in [6, 6.07) is 2.27. The lowest BCUT2D eigenvalue weighted by atomic mass is 10.3. The van der Waals surface area contributed by atoms with Crippen molar-refractivity contribution in [2.24, 2.45) is 0 Å². The normalized spacial score (nSPS) is 12.2. The van der Waals surface area contributed by atoms with Crippen molar-refractivity contribution in [2.75, 3.05) is 17.2 Å². The molecule has 19 heavy (non-hydrogen) atoms. The van der Waals surface area contributed by atoms with Crippen LogP contribution in [0.25, 0.3) is 0 Å².